The van der Waals surface area contributed by atoms with Crippen LogP contribution in [0.3, 0.4) is 0 Å². The lowest BCUT2D eigenvalue weighted by Crippen LogP contribution is -2.46. The highest BCUT2D eigenvalue weighted by Crippen LogP contribution is 2.23. The summed E-state index contributed by atoms with van der Waals surface area (Å²) in [6, 6.07) is 4.35. The number of benzene rings is 1. The van der Waals surface area contributed by atoms with Gasteiger partial charge in [0.25, 0.3) is 0 Å². The number of Topliss-reactive ketones (excluding diaryl/α,β-unsaturated/α-hetero) is 1. The summed E-state index contributed by atoms with van der Waals surface area (Å²) in [6.45, 7) is 1.92. The van der Waals surface area contributed by atoms with Gasteiger partial charge in [0.1, 0.15) is 12.1 Å². The molecule has 0 aliphatic heterocycles. The summed E-state index contributed by atoms with van der Waals surface area (Å²) in [5, 5.41) is 22.5. The number of aliphatic carboxylic acids is 1. The topological polar surface area (TPSA) is 156 Å². The summed E-state index contributed by atoms with van der Waals surface area (Å²) < 4.78 is 0. The number of carboxylic acid groups (broad SMARTS) is 1. The van der Waals surface area contributed by atoms with Gasteiger partial charge in [-0.1, -0.05) is 12.1 Å². The molecule has 4 N–H and O–H groups in total. The van der Waals surface area contributed by atoms with Crippen molar-refractivity contribution in [3.8, 4) is 0 Å². The van der Waals surface area contributed by atoms with Gasteiger partial charge in [-0.05, 0) is 30.5 Å². The Kier molecular flexibility index (Phi) is 6.59. The van der Waals surface area contributed by atoms with Gasteiger partial charge in [-0.15, -0.1) is 0 Å². The van der Waals surface area contributed by atoms with Gasteiger partial charge in [0.2, 0.25) is 11.7 Å². The molecule has 0 unspecified atom stereocenters. The van der Waals surface area contributed by atoms with Crippen LogP contribution in [0.15, 0.2) is 24.4 Å². The molecule has 2 atom stereocenters. The monoisotopic (exact) mass is 372 g/mol. The van der Waals surface area contributed by atoms with E-state index in [9.17, 15) is 24.6 Å². The van der Waals surface area contributed by atoms with Crippen LogP contribution in [0.4, 0.5) is 0 Å². The quantitative estimate of drug-likeness (QED) is 0.288. The number of carboxylic acids is 1. The molecular formula is C18H20N4O5. The van der Waals surface area contributed by atoms with Crippen LogP contribution >= 0.6 is 0 Å². The summed E-state index contributed by atoms with van der Waals surface area (Å²) in [4.78, 5) is 40.4. The van der Waals surface area contributed by atoms with Crippen LogP contribution in [-0.2, 0) is 20.8 Å². The molecule has 0 fully saturated rings. The van der Waals surface area contributed by atoms with Crippen LogP contribution in [0, 0.1) is 6.92 Å². The number of carbonyl (C=O) groups excluding carboxylic acids is 2. The van der Waals surface area contributed by atoms with E-state index in [1.807, 2.05) is 25.1 Å². The number of aromatic nitrogens is 1. The number of aromatic amines is 1. The maximum absolute atomic E-state index is 12.2. The number of aryl methyl sites for hydroxylation is 1. The highest BCUT2D eigenvalue weighted by molar-refractivity contribution is 6.25. The number of ketones is 1. The van der Waals surface area contributed by atoms with E-state index in [0.717, 1.165) is 22.0 Å². The zero-order valence-electron chi connectivity index (χ0n) is 14.7. The number of aliphatic hydroxyl groups is 1. The molecular weight excluding hydrogens is 352 g/mol. The van der Waals surface area contributed by atoms with Gasteiger partial charge in [-0.2, -0.15) is 4.79 Å². The number of hydrogen-bond donors (Lipinski definition) is 4. The molecule has 0 saturated carbocycles. The van der Waals surface area contributed by atoms with E-state index in [2.05, 4.69) is 15.1 Å². The first-order valence-electron chi connectivity index (χ1n) is 8.30. The molecule has 0 radical (unpaired) electrons. The van der Waals surface area contributed by atoms with Crippen LogP contribution in [0.1, 0.15) is 24.0 Å². The number of carbonyl (C=O) groups is 3. The SMILES string of the molecule is Cc1cccc2[nH]cc(C[C@H](O)C(=O)N[C@@H](CCC(=O)C=[N+]=[N-])C(=O)O)c12. The second-order valence-corrected chi connectivity index (χ2v) is 6.18. The molecule has 1 heterocycles. The number of amides is 1. The average Bonchev–Trinajstić information content (AvgIpc) is 3.02. The number of fused-ring (bicyclic) bond motifs is 1. The molecule has 1 aromatic carbocycles. The second kappa shape index (κ2) is 8.88. The zero-order valence-corrected chi connectivity index (χ0v) is 14.7. The first kappa shape index (κ1) is 20.0. The third-order valence-electron chi connectivity index (χ3n) is 4.21. The summed E-state index contributed by atoms with van der Waals surface area (Å²) >= 11 is 0. The normalized spacial score (nSPS) is 12.8. The number of H-pyrrole nitrogens is 1. The van der Waals surface area contributed by atoms with Gasteiger partial charge < -0.3 is 26.0 Å². The minimum atomic E-state index is -1.44. The van der Waals surface area contributed by atoms with Crippen molar-refractivity contribution in [2.24, 2.45) is 0 Å². The highest BCUT2D eigenvalue weighted by atomic mass is 16.4. The summed E-state index contributed by atoms with van der Waals surface area (Å²) in [6.07, 6.45) is 0.522. The molecule has 2 rings (SSSR count). The Balaban J connectivity index is 2.03. The Morgan fingerprint density at radius 2 is 2.11 bits per heavy atom. The van der Waals surface area contributed by atoms with Crippen molar-refractivity contribution in [3.63, 3.8) is 0 Å². The van der Waals surface area contributed by atoms with E-state index in [1.54, 1.807) is 6.20 Å². The van der Waals surface area contributed by atoms with Gasteiger partial charge in [-0.3, -0.25) is 9.59 Å². The van der Waals surface area contributed by atoms with Gasteiger partial charge >= 0.3 is 12.2 Å². The third-order valence-corrected chi connectivity index (χ3v) is 4.21. The van der Waals surface area contributed by atoms with Crippen LogP contribution in [-0.4, -0.2) is 56.0 Å². The fourth-order valence-electron chi connectivity index (χ4n) is 2.85. The van der Waals surface area contributed by atoms with Gasteiger partial charge in [0.15, 0.2) is 0 Å². The van der Waals surface area contributed by atoms with Crippen molar-refractivity contribution in [2.75, 3.05) is 0 Å². The molecule has 9 nitrogen and oxygen atoms in total. The first-order valence-corrected chi connectivity index (χ1v) is 8.30. The van der Waals surface area contributed by atoms with Crippen LogP contribution in [0.25, 0.3) is 16.4 Å². The fraction of sp³-hybridized carbons (Fsp3) is 0.333. The Labute approximate surface area is 154 Å². The zero-order chi connectivity index (χ0) is 20.0. The molecule has 2 aromatic rings. The van der Waals surface area contributed by atoms with Crippen molar-refractivity contribution >= 4 is 34.8 Å². The Bertz CT molecular complexity index is 914. The van der Waals surface area contributed by atoms with Crippen LogP contribution in [0.2, 0.25) is 0 Å². The van der Waals surface area contributed by atoms with Crippen molar-refractivity contribution in [3.05, 3.63) is 41.1 Å². The number of rotatable bonds is 9. The number of aliphatic hydroxyl groups excluding tert-OH is 1. The molecule has 0 bridgehead atoms. The Morgan fingerprint density at radius 3 is 2.78 bits per heavy atom. The summed E-state index contributed by atoms with van der Waals surface area (Å²) in [5.74, 6) is -2.74. The standard InChI is InChI=1S/C18H20N4O5/c1-10-3-2-4-13-16(10)11(8-20-13)7-15(24)17(25)22-14(18(26)27)6-5-12(23)9-21-19/h2-4,8-9,14-15,20,24H,5-7H2,1H3,(H,22,25)(H,26,27)/t14-,15-/m0/s1. The third kappa shape index (κ3) is 5.10. The van der Waals surface area contributed by atoms with E-state index in [-0.39, 0.29) is 19.3 Å². The minimum absolute atomic E-state index is 0.0130. The molecule has 27 heavy (non-hydrogen) atoms. The molecule has 0 aliphatic rings. The maximum Gasteiger partial charge on any atom is 0.326 e. The molecule has 0 spiro atoms. The predicted octanol–water partition coefficient (Wildman–Crippen LogP) is 0.599. The molecule has 1 aromatic heterocycles. The highest BCUT2D eigenvalue weighted by Gasteiger charge is 2.25. The maximum atomic E-state index is 12.2. The van der Waals surface area contributed by atoms with Crippen molar-refractivity contribution in [1.82, 2.24) is 10.3 Å². The van der Waals surface area contributed by atoms with Crippen LogP contribution in [0.5, 0.6) is 0 Å². The first-order chi connectivity index (χ1) is 12.8. The molecule has 0 saturated heterocycles. The van der Waals surface area contributed by atoms with E-state index in [1.165, 1.54) is 0 Å². The number of hydrogen-bond acceptors (Lipinski definition) is 4. The summed E-state index contributed by atoms with van der Waals surface area (Å²) in [7, 11) is 0. The average molecular weight is 372 g/mol. The summed E-state index contributed by atoms with van der Waals surface area (Å²) in [5.41, 5.74) is 10.9. The largest absolute Gasteiger partial charge is 0.480 e. The number of nitrogens with one attached hydrogen (secondary N) is 2. The van der Waals surface area contributed by atoms with E-state index < -0.39 is 29.8 Å². The fourth-order valence-corrected chi connectivity index (χ4v) is 2.85. The molecule has 1 amide bonds. The lowest BCUT2D eigenvalue weighted by molar-refractivity contribution is -0.143. The predicted molar refractivity (Wildman–Crippen MR) is 96.2 cm³/mol. The van der Waals surface area contributed by atoms with Crippen molar-refractivity contribution in [1.29, 1.82) is 0 Å². The van der Waals surface area contributed by atoms with E-state index in [4.69, 9.17) is 5.53 Å². The Morgan fingerprint density at radius 1 is 1.37 bits per heavy atom. The van der Waals surface area contributed by atoms with Crippen molar-refractivity contribution < 1.29 is 29.4 Å². The molecule has 0 aliphatic carbocycles. The lowest BCUT2D eigenvalue weighted by Gasteiger charge is -2.16. The molecule has 9 heteroatoms. The van der Waals surface area contributed by atoms with E-state index >= 15 is 0 Å². The molecule has 142 valence electrons. The number of nitrogens with zero attached hydrogens (tertiary/aromatic N) is 2. The lowest BCUT2D eigenvalue weighted by atomic mass is 10.0. The second-order valence-electron chi connectivity index (χ2n) is 6.18. The Hall–Kier alpha value is -3.29. The van der Waals surface area contributed by atoms with Crippen LogP contribution < -0.4 is 5.32 Å². The minimum Gasteiger partial charge on any atom is -0.480 e. The van der Waals surface area contributed by atoms with Gasteiger partial charge in [0.05, 0.1) is 0 Å². The smallest absolute Gasteiger partial charge is 0.326 e. The van der Waals surface area contributed by atoms with Crippen molar-refractivity contribution in [2.45, 2.75) is 38.3 Å². The van der Waals surface area contributed by atoms with Gasteiger partial charge in [0, 0.05) is 29.9 Å². The van der Waals surface area contributed by atoms with E-state index in [0.29, 0.717) is 6.21 Å². The van der Waals surface area contributed by atoms with Gasteiger partial charge in [-0.25, -0.2) is 4.79 Å².